The van der Waals surface area contributed by atoms with Gasteiger partial charge in [0.25, 0.3) is 0 Å². The molecule has 0 fully saturated rings. The fourth-order valence-electron chi connectivity index (χ4n) is 3.15. The number of carbonyl (C=O) groups is 1. The SMILES string of the molecule is COC(=O)CNCc1ccc(OCC(C)(C)c2nc(-c3ccccc3)oc2C)cc1. The van der Waals surface area contributed by atoms with Gasteiger partial charge in [-0.3, -0.25) is 4.79 Å². The average Bonchev–Trinajstić information content (AvgIpc) is 3.16. The highest BCUT2D eigenvalue weighted by atomic mass is 16.5. The molecule has 1 aromatic heterocycles. The second-order valence-electron chi connectivity index (χ2n) is 7.79. The summed E-state index contributed by atoms with van der Waals surface area (Å²) in [6.07, 6.45) is 0. The number of ether oxygens (including phenoxy) is 2. The number of nitrogens with zero attached hydrogens (tertiary/aromatic N) is 1. The number of carbonyl (C=O) groups excluding carboxylic acids is 1. The third-order valence-corrected chi connectivity index (χ3v) is 4.81. The smallest absolute Gasteiger partial charge is 0.319 e. The maximum atomic E-state index is 11.1. The Morgan fingerprint density at radius 2 is 1.80 bits per heavy atom. The van der Waals surface area contributed by atoms with Gasteiger partial charge in [-0.05, 0) is 36.8 Å². The number of benzene rings is 2. The first-order valence-electron chi connectivity index (χ1n) is 9.91. The van der Waals surface area contributed by atoms with Crippen LogP contribution in [-0.4, -0.2) is 31.2 Å². The molecule has 0 unspecified atom stereocenters. The van der Waals surface area contributed by atoms with Gasteiger partial charge < -0.3 is 19.2 Å². The second kappa shape index (κ2) is 9.59. The van der Waals surface area contributed by atoms with Crippen LogP contribution < -0.4 is 10.1 Å². The molecule has 30 heavy (non-hydrogen) atoms. The highest BCUT2D eigenvalue weighted by Gasteiger charge is 2.29. The Bertz CT molecular complexity index is 963. The molecule has 1 heterocycles. The zero-order chi connectivity index (χ0) is 21.6. The fraction of sp³-hybridized carbons (Fsp3) is 0.333. The minimum Gasteiger partial charge on any atom is -0.493 e. The summed E-state index contributed by atoms with van der Waals surface area (Å²) in [4.78, 5) is 15.9. The van der Waals surface area contributed by atoms with Crippen molar-refractivity contribution in [1.82, 2.24) is 10.3 Å². The number of esters is 1. The summed E-state index contributed by atoms with van der Waals surface area (Å²) in [6, 6.07) is 17.7. The van der Waals surface area contributed by atoms with Gasteiger partial charge in [0.15, 0.2) is 0 Å². The number of oxazole rings is 1. The molecule has 158 valence electrons. The van der Waals surface area contributed by atoms with Crippen molar-refractivity contribution in [2.24, 2.45) is 0 Å². The molecule has 0 spiro atoms. The van der Waals surface area contributed by atoms with Crippen molar-refractivity contribution in [3.05, 3.63) is 71.6 Å². The van der Waals surface area contributed by atoms with Crippen molar-refractivity contribution in [2.75, 3.05) is 20.3 Å². The molecule has 3 aromatic rings. The lowest BCUT2D eigenvalue weighted by atomic mass is 9.89. The molecule has 0 aliphatic heterocycles. The van der Waals surface area contributed by atoms with Crippen LogP contribution in [0.3, 0.4) is 0 Å². The summed E-state index contributed by atoms with van der Waals surface area (Å²) in [6.45, 7) is 7.36. The van der Waals surface area contributed by atoms with E-state index in [9.17, 15) is 4.79 Å². The van der Waals surface area contributed by atoms with Gasteiger partial charge >= 0.3 is 5.97 Å². The van der Waals surface area contributed by atoms with Crippen molar-refractivity contribution in [2.45, 2.75) is 32.7 Å². The largest absolute Gasteiger partial charge is 0.493 e. The molecular weight excluding hydrogens is 380 g/mol. The molecule has 3 rings (SSSR count). The summed E-state index contributed by atoms with van der Waals surface area (Å²) in [5, 5.41) is 3.04. The topological polar surface area (TPSA) is 73.6 Å². The van der Waals surface area contributed by atoms with Crippen molar-refractivity contribution in [1.29, 1.82) is 0 Å². The van der Waals surface area contributed by atoms with E-state index in [-0.39, 0.29) is 17.9 Å². The molecule has 0 radical (unpaired) electrons. The summed E-state index contributed by atoms with van der Waals surface area (Å²) >= 11 is 0. The Kier molecular flexibility index (Phi) is 6.90. The van der Waals surface area contributed by atoms with Crippen LogP contribution in [0, 0.1) is 6.92 Å². The molecule has 0 aliphatic rings. The molecule has 2 aromatic carbocycles. The van der Waals surface area contributed by atoms with Crippen molar-refractivity contribution < 1.29 is 18.7 Å². The molecule has 6 heteroatoms. The zero-order valence-corrected chi connectivity index (χ0v) is 17.9. The van der Waals surface area contributed by atoms with Crippen LogP contribution in [0.2, 0.25) is 0 Å². The van der Waals surface area contributed by atoms with Gasteiger partial charge in [0.2, 0.25) is 5.89 Å². The van der Waals surface area contributed by atoms with E-state index in [1.807, 2.05) is 61.5 Å². The van der Waals surface area contributed by atoms with E-state index in [1.54, 1.807) is 0 Å². The third kappa shape index (κ3) is 5.48. The Balaban J connectivity index is 1.60. The number of rotatable bonds is 9. The molecule has 0 aliphatic carbocycles. The maximum absolute atomic E-state index is 11.1. The zero-order valence-electron chi connectivity index (χ0n) is 17.9. The van der Waals surface area contributed by atoms with Crippen molar-refractivity contribution in [3.63, 3.8) is 0 Å². The van der Waals surface area contributed by atoms with E-state index in [1.165, 1.54) is 7.11 Å². The molecule has 6 nitrogen and oxygen atoms in total. The van der Waals surface area contributed by atoms with Gasteiger partial charge in [-0.25, -0.2) is 4.98 Å². The summed E-state index contributed by atoms with van der Waals surface area (Å²) in [5.41, 5.74) is 2.59. The Morgan fingerprint density at radius 1 is 1.10 bits per heavy atom. The van der Waals surface area contributed by atoms with Gasteiger partial charge in [0, 0.05) is 17.5 Å². The molecule has 0 saturated carbocycles. The lowest BCUT2D eigenvalue weighted by Gasteiger charge is -2.23. The van der Waals surface area contributed by atoms with Crippen LogP contribution in [0.25, 0.3) is 11.5 Å². The van der Waals surface area contributed by atoms with Crippen molar-refractivity contribution in [3.8, 4) is 17.2 Å². The molecule has 0 saturated heterocycles. The van der Waals surface area contributed by atoms with Gasteiger partial charge in [-0.15, -0.1) is 0 Å². The molecular formula is C24H28N2O4. The normalized spacial score (nSPS) is 11.3. The van der Waals surface area contributed by atoms with Crippen LogP contribution in [0.4, 0.5) is 0 Å². The Labute approximate surface area is 177 Å². The standard InChI is InChI=1S/C24H28N2O4/c1-17-22(26-23(30-17)19-8-6-5-7-9-19)24(2,3)16-29-20-12-10-18(11-13-20)14-25-15-21(27)28-4/h5-13,25H,14-16H2,1-4H3. The highest BCUT2D eigenvalue weighted by Crippen LogP contribution is 2.30. The highest BCUT2D eigenvalue weighted by molar-refractivity contribution is 5.71. The van der Waals surface area contributed by atoms with E-state index in [2.05, 4.69) is 23.9 Å². The minimum atomic E-state index is -0.318. The number of nitrogens with one attached hydrogen (secondary N) is 1. The lowest BCUT2D eigenvalue weighted by molar-refractivity contribution is -0.139. The first kappa shape index (κ1) is 21.6. The number of aromatic nitrogens is 1. The molecule has 0 bridgehead atoms. The lowest BCUT2D eigenvalue weighted by Crippen LogP contribution is -2.27. The van der Waals surface area contributed by atoms with Gasteiger partial charge in [-0.2, -0.15) is 0 Å². The number of aryl methyl sites for hydroxylation is 1. The monoisotopic (exact) mass is 408 g/mol. The van der Waals surface area contributed by atoms with E-state index in [0.29, 0.717) is 19.0 Å². The van der Waals surface area contributed by atoms with Gasteiger partial charge in [0.05, 0.1) is 26.0 Å². The molecule has 0 amide bonds. The Morgan fingerprint density at radius 3 is 2.47 bits per heavy atom. The third-order valence-electron chi connectivity index (χ3n) is 4.81. The first-order valence-corrected chi connectivity index (χ1v) is 9.91. The quantitative estimate of drug-likeness (QED) is 0.533. The van der Waals surface area contributed by atoms with Crippen LogP contribution in [0.15, 0.2) is 59.0 Å². The maximum Gasteiger partial charge on any atom is 0.319 e. The second-order valence-corrected chi connectivity index (χ2v) is 7.79. The number of methoxy groups -OCH3 is 1. The van der Waals surface area contributed by atoms with Crippen LogP contribution in [-0.2, 0) is 21.5 Å². The Hall–Kier alpha value is -3.12. The predicted octanol–water partition coefficient (Wildman–Crippen LogP) is 4.27. The number of hydrogen-bond donors (Lipinski definition) is 1. The fourth-order valence-corrected chi connectivity index (χ4v) is 3.15. The number of hydrogen-bond acceptors (Lipinski definition) is 6. The van der Waals surface area contributed by atoms with E-state index in [0.717, 1.165) is 28.3 Å². The molecule has 1 N–H and O–H groups in total. The van der Waals surface area contributed by atoms with Crippen molar-refractivity contribution >= 4 is 5.97 Å². The van der Waals surface area contributed by atoms with E-state index in [4.69, 9.17) is 14.1 Å². The average molecular weight is 408 g/mol. The summed E-state index contributed by atoms with van der Waals surface area (Å²) < 4.78 is 16.6. The van der Waals surface area contributed by atoms with Crippen LogP contribution in [0.1, 0.15) is 30.9 Å². The summed E-state index contributed by atoms with van der Waals surface area (Å²) in [7, 11) is 1.38. The summed E-state index contributed by atoms with van der Waals surface area (Å²) in [5.74, 6) is 1.93. The van der Waals surface area contributed by atoms with Gasteiger partial charge in [-0.1, -0.05) is 44.2 Å². The first-order chi connectivity index (χ1) is 14.4. The van der Waals surface area contributed by atoms with Gasteiger partial charge in [0.1, 0.15) is 11.5 Å². The van der Waals surface area contributed by atoms with Crippen LogP contribution >= 0.6 is 0 Å². The molecule has 0 atom stereocenters. The van der Waals surface area contributed by atoms with E-state index >= 15 is 0 Å². The predicted molar refractivity (Wildman–Crippen MR) is 115 cm³/mol. The minimum absolute atomic E-state index is 0.185. The van der Waals surface area contributed by atoms with E-state index < -0.39 is 0 Å². The van der Waals surface area contributed by atoms with Crippen LogP contribution in [0.5, 0.6) is 5.75 Å².